The summed E-state index contributed by atoms with van der Waals surface area (Å²) in [6, 6.07) is 8.09. The zero-order valence-electron chi connectivity index (χ0n) is 13.9. The molecule has 1 fully saturated rings. The van der Waals surface area contributed by atoms with E-state index in [1.54, 1.807) is 0 Å². The van der Waals surface area contributed by atoms with E-state index in [4.69, 9.17) is 0 Å². The molecule has 0 aliphatic carbocycles. The van der Waals surface area contributed by atoms with Gasteiger partial charge in [-0.3, -0.25) is 9.59 Å². The first kappa shape index (κ1) is 15.8. The second-order valence-electron chi connectivity index (χ2n) is 6.71. The van der Waals surface area contributed by atoms with E-state index in [0.717, 1.165) is 36.8 Å². The van der Waals surface area contributed by atoms with Crippen molar-refractivity contribution in [3.05, 3.63) is 45.7 Å². The van der Waals surface area contributed by atoms with Gasteiger partial charge in [-0.05, 0) is 54.3 Å². The summed E-state index contributed by atoms with van der Waals surface area (Å²) >= 11 is 0. The minimum absolute atomic E-state index is 0.0796. The Morgan fingerprint density at radius 3 is 2.65 bits per heavy atom. The van der Waals surface area contributed by atoms with Crippen LogP contribution in [-0.4, -0.2) is 28.9 Å². The van der Waals surface area contributed by atoms with Crippen LogP contribution >= 0.6 is 0 Å². The molecule has 0 bridgehead atoms. The molecule has 3 rings (SSSR count). The Hall–Kier alpha value is -2.10. The second-order valence-corrected chi connectivity index (χ2v) is 6.71. The molecule has 1 aliphatic heterocycles. The van der Waals surface area contributed by atoms with Crippen LogP contribution in [0.5, 0.6) is 0 Å². The number of hydrogen-bond donors (Lipinski definition) is 1. The maximum atomic E-state index is 12.2. The molecule has 0 spiro atoms. The fourth-order valence-electron chi connectivity index (χ4n) is 3.18. The van der Waals surface area contributed by atoms with Crippen molar-refractivity contribution in [2.45, 2.75) is 45.4 Å². The first-order chi connectivity index (χ1) is 11.0. The molecule has 4 nitrogen and oxygen atoms in total. The number of nitrogens with one attached hydrogen (secondary N) is 1. The molecule has 1 saturated heterocycles. The highest BCUT2D eigenvalue weighted by Crippen LogP contribution is 2.20. The van der Waals surface area contributed by atoms with Crippen molar-refractivity contribution < 1.29 is 4.79 Å². The Kier molecular flexibility index (Phi) is 4.51. The van der Waals surface area contributed by atoms with E-state index in [9.17, 15) is 9.59 Å². The zero-order chi connectivity index (χ0) is 16.4. The predicted molar refractivity (Wildman–Crippen MR) is 92.8 cm³/mol. The van der Waals surface area contributed by atoms with Crippen LogP contribution in [0.2, 0.25) is 0 Å². The number of aryl methyl sites for hydroxylation is 1. The number of benzene rings is 1. The lowest BCUT2D eigenvalue weighted by Gasteiger charge is -2.15. The normalized spacial score (nSPS) is 14.8. The summed E-state index contributed by atoms with van der Waals surface area (Å²) < 4.78 is 0. The van der Waals surface area contributed by atoms with Gasteiger partial charge in [0, 0.05) is 30.6 Å². The van der Waals surface area contributed by atoms with Crippen molar-refractivity contribution in [1.29, 1.82) is 0 Å². The summed E-state index contributed by atoms with van der Waals surface area (Å²) in [6.07, 6.45) is 3.12. The van der Waals surface area contributed by atoms with Gasteiger partial charge in [0.25, 0.3) is 5.56 Å². The van der Waals surface area contributed by atoms with E-state index in [0.29, 0.717) is 24.3 Å². The highest BCUT2D eigenvalue weighted by atomic mass is 16.2. The molecule has 2 aromatic rings. The fraction of sp³-hybridized carbons (Fsp3) is 0.474. The number of nitrogens with zero attached hydrogens (tertiary/aromatic N) is 1. The third kappa shape index (κ3) is 3.46. The van der Waals surface area contributed by atoms with E-state index in [1.165, 1.54) is 5.56 Å². The number of fused-ring (bicyclic) bond motifs is 1. The number of hydrogen-bond acceptors (Lipinski definition) is 2. The van der Waals surface area contributed by atoms with Crippen LogP contribution < -0.4 is 5.56 Å². The minimum atomic E-state index is -0.0796. The minimum Gasteiger partial charge on any atom is -0.343 e. The fourth-order valence-corrected chi connectivity index (χ4v) is 3.18. The number of carbonyl (C=O) groups excluding carboxylic acids is 1. The smallest absolute Gasteiger partial charge is 0.251 e. The van der Waals surface area contributed by atoms with Gasteiger partial charge in [0.05, 0.1) is 0 Å². The average Bonchev–Trinajstić information content (AvgIpc) is 3.06. The van der Waals surface area contributed by atoms with Crippen molar-refractivity contribution >= 4 is 16.8 Å². The van der Waals surface area contributed by atoms with Gasteiger partial charge < -0.3 is 9.88 Å². The molecule has 0 radical (unpaired) electrons. The zero-order valence-corrected chi connectivity index (χ0v) is 13.9. The van der Waals surface area contributed by atoms with Crippen LogP contribution in [0.15, 0.2) is 29.1 Å². The van der Waals surface area contributed by atoms with E-state index in [-0.39, 0.29) is 11.5 Å². The van der Waals surface area contributed by atoms with Crippen LogP contribution in [-0.2, 0) is 11.2 Å². The lowest BCUT2D eigenvalue weighted by molar-refractivity contribution is -0.130. The average molecular weight is 312 g/mol. The number of likely N-dealkylation sites (tertiary alicyclic amines) is 1. The highest BCUT2D eigenvalue weighted by molar-refractivity contribution is 5.80. The van der Waals surface area contributed by atoms with Crippen LogP contribution in [0.1, 0.15) is 50.2 Å². The molecule has 0 atom stereocenters. The first-order valence-electron chi connectivity index (χ1n) is 8.48. The number of pyridine rings is 1. The molecule has 0 saturated carbocycles. The summed E-state index contributed by atoms with van der Waals surface area (Å²) in [5, 5.41) is 1.04. The van der Waals surface area contributed by atoms with Gasteiger partial charge in [0.15, 0.2) is 0 Å². The van der Waals surface area contributed by atoms with E-state index >= 15 is 0 Å². The van der Waals surface area contributed by atoms with Gasteiger partial charge in [0.1, 0.15) is 0 Å². The van der Waals surface area contributed by atoms with Crippen molar-refractivity contribution in [2.75, 3.05) is 13.1 Å². The summed E-state index contributed by atoms with van der Waals surface area (Å²) in [5.74, 6) is 0.615. The third-order valence-corrected chi connectivity index (χ3v) is 4.68. The molecule has 4 heteroatoms. The second kappa shape index (κ2) is 6.57. The van der Waals surface area contributed by atoms with Crippen molar-refractivity contribution in [2.24, 2.45) is 0 Å². The molecule has 2 heterocycles. The Morgan fingerprint density at radius 1 is 1.22 bits per heavy atom. The van der Waals surface area contributed by atoms with E-state index < -0.39 is 0 Å². The molecule has 1 aromatic carbocycles. The van der Waals surface area contributed by atoms with E-state index in [2.05, 4.69) is 31.0 Å². The van der Waals surface area contributed by atoms with Crippen LogP contribution in [0.4, 0.5) is 0 Å². The van der Waals surface area contributed by atoms with Gasteiger partial charge in [-0.25, -0.2) is 0 Å². The maximum Gasteiger partial charge on any atom is 0.251 e. The number of aromatic amines is 1. The lowest BCUT2D eigenvalue weighted by Crippen LogP contribution is -2.28. The maximum absolute atomic E-state index is 12.2. The Bertz CT molecular complexity index is 771. The standard InChI is InChI=1S/C19H24N2O2/c1-13(2)14-5-7-17-16(11-14)12-15(19(23)20-17)6-8-18(22)21-9-3-4-10-21/h5,7,11-13H,3-4,6,8-10H2,1-2H3,(H,20,23). The predicted octanol–water partition coefficient (Wildman–Crippen LogP) is 3.21. The Morgan fingerprint density at radius 2 is 1.96 bits per heavy atom. The number of carbonyl (C=O) groups is 1. The van der Waals surface area contributed by atoms with Crippen molar-refractivity contribution in [3.8, 4) is 0 Å². The quantitative estimate of drug-likeness (QED) is 0.942. The van der Waals surface area contributed by atoms with E-state index in [1.807, 2.05) is 17.0 Å². The van der Waals surface area contributed by atoms with Gasteiger partial charge in [0.2, 0.25) is 5.91 Å². The largest absolute Gasteiger partial charge is 0.343 e. The Balaban J connectivity index is 1.80. The van der Waals surface area contributed by atoms with Crippen LogP contribution in [0.25, 0.3) is 10.9 Å². The van der Waals surface area contributed by atoms with Gasteiger partial charge in [-0.15, -0.1) is 0 Å². The molecule has 23 heavy (non-hydrogen) atoms. The van der Waals surface area contributed by atoms with Crippen molar-refractivity contribution in [3.63, 3.8) is 0 Å². The molecular weight excluding hydrogens is 288 g/mol. The van der Waals surface area contributed by atoms with Gasteiger partial charge in [-0.2, -0.15) is 0 Å². The number of H-pyrrole nitrogens is 1. The number of aromatic nitrogens is 1. The first-order valence-corrected chi connectivity index (χ1v) is 8.48. The Labute approximate surface area is 136 Å². The molecule has 1 amide bonds. The third-order valence-electron chi connectivity index (χ3n) is 4.68. The van der Waals surface area contributed by atoms with Crippen molar-refractivity contribution in [1.82, 2.24) is 9.88 Å². The number of amides is 1. The molecule has 0 unspecified atom stereocenters. The highest BCUT2D eigenvalue weighted by Gasteiger charge is 2.18. The topological polar surface area (TPSA) is 53.2 Å². The lowest BCUT2D eigenvalue weighted by atomic mass is 10.00. The molecule has 1 aromatic heterocycles. The number of rotatable bonds is 4. The van der Waals surface area contributed by atoms with Gasteiger partial charge in [-0.1, -0.05) is 19.9 Å². The summed E-state index contributed by atoms with van der Waals surface area (Å²) in [4.78, 5) is 29.2. The molecular formula is C19H24N2O2. The van der Waals surface area contributed by atoms with Crippen LogP contribution in [0, 0.1) is 0 Å². The molecule has 122 valence electrons. The summed E-state index contributed by atoms with van der Waals surface area (Å²) in [5.41, 5.74) is 2.73. The molecule has 1 aliphatic rings. The van der Waals surface area contributed by atoms with Crippen LogP contribution in [0.3, 0.4) is 0 Å². The van der Waals surface area contributed by atoms with Gasteiger partial charge >= 0.3 is 0 Å². The SMILES string of the molecule is CC(C)c1ccc2[nH]c(=O)c(CCC(=O)N3CCCC3)cc2c1. The molecule has 1 N–H and O–H groups in total. The summed E-state index contributed by atoms with van der Waals surface area (Å²) in [6.45, 7) is 6.04. The monoisotopic (exact) mass is 312 g/mol. The summed E-state index contributed by atoms with van der Waals surface area (Å²) in [7, 11) is 0.